The van der Waals surface area contributed by atoms with E-state index in [0.717, 1.165) is 9.20 Å². The van der Waals surface area contributed by atoms with Crippen LogP contribution in [0.3, 0.4) is 0 Å². The molecule has 1 aromatic carbocycles. The van der Waals surface area contributed by atoms with Crippen molar-refractivity contribution in [3.8, 4) is 0 Å². The normalized spacial score (nSPS) is 10.6. The van der Waals surface area contributed by atoms with Crippen LogP contribution < -0.4 is 0 Å². The monoisotopic (exact) mass is 283 g/mol. The second-order valence-corrected chi connectivity index (χ2v) is 4.18. The summed E-state index contributed by atoms with van der Waals surface area (Å²) in [5.74, 6) is -0.428. The second kappa shape index (κ2) is 4.17. The van der Waals surface area contributed by atoms with E-state index in [1.165, 1.54) is 6.20 Å². The van der Waals surface area contributed by atoms with Crippen LogP contribution in [-0.2, 0) is 4.74 Å². The van der Waals surface area contributed by atoms with Crippen molar-refractivity contribution >= 4 is 32.8 Å². The van der Waals surface area contributed by atoms with Crippen LogP contribution in [0.15, 0.2) is 28.9 Å². The summed E-state index contributed by atoms with van der Waals surface area (Å²) in [6.45, 7) is 2.06. The van der Waals surface area contributed by atoms with Crippen molar-refractivity contribution in [3.05, 3.63) is 34.4 Å². The third-order valence-corrected chi connectivity index (χ3v) is 2.74. The van der Waals surface area contributed by atoms with Crippen LogP contribution in [0.4, 0.5) is 0 Å². The maximum absolute atomic E-state index is 11.6. The molecule has 1 heterocycles. The van der Waals surface area contributed by atoms with Gasteiger partial charge in [-0.25, -0.2) is 4.79 Å². The molecule has 0 unspecified atom stereocenters. The van der Waals surface area contributed by atoms with Crippen molar-refractivity contribution in [3.63, 3.8) is 0 Å². The topological polar surface area (TPSA) is 51.5 Å². The first kappa shape index (κ1) is 11.0. The largest absolute Gasteiger partial charge is 0.462 e. The van der Waals surface area contributed by atoms with Gasteiger partial charge in [0.15, 0.2) is 0 Å². The van der Waals surface area contributed by atoms with Crippen molar-refractivity contribution in [1.29, 1.82) is 0 Å². The Labute approximate surface area is 101 Å². The van der Waals surface area contributed by atoms with Gasteiger partial charge in [-0.15, -0.1) is 0 Å². The predicted molar refractivity (Wildman–Crippen MR) is 62.8 cm³/mol. The Hall–Kier alpha value is -1.49. The molecule has 0 atom stereocenters. The van der Waals surface area contributed by atoms with Crippen LogP contribution in [0.1, 0.15) is 17.3 Å². The molecule has 0 aliphatic carbocycles. The van der Waals surface area contributed by atoms with E-state index < -0.39 is 5.97 Å². The van der Waals surface area contributed by atoms with Crippen LogP contribution in [0.5, 0.6) is 0 Å². The Morgan fingerprint density at radius 3 is 3.00 bits per heavy atom. The Bertz CT molecular complexity index is 547. The number of hydrogen-bond acceptors (Lipinski definition) is 3. The first-order valence-corrected chi connectivity index (χ1v) is 5.59. The first-order chi connectivity index (χ1) is 7.63. The first-order valence-electron chi connectivity index (χ1n) is 4.80. The third kappa shape index (κ3) is 1.78. The number of hydrogen-bond donors (Lipinski definition) is 1. The van der Waals surface area contributed by atoms with Crippen molar-refractivity contribution in [2.45, 2.75) is 6.92 Å². The zero-order chi connectivity index (χ0) is 11.7. The highest BCUT2D eigenvalue weighted by molar-refractivity contribution is 9.10. The fourth-order valence-corrected chi connectivity index (χ4v) is 1.90. The Morgan fingerprint density at radius 2 is 2.31 bits per heavy atom. The van der Waals surface area contributed by atoms with E-state index in [-0.39, 0.29) is 0 Å². The van der Waals surface area contributed by atoms with Gasteiger partial charge in [0.1, 0.15) is 0 Å². The van der Waals surface area contributed by atoms with Crippen LogP contribution in [-0.4, -0.2) is 22.5 Å². The summed E-state index contributed by atoms with van der Waals surface area (Å²) < 4.78 is 6.66. The molecule has 4 nitrogen and oxygen atoms in total. The highest BCUT2D eigenvalue weighted by Crippen LogP contribution is 2.24. The third-order valence-electron chi connectivity index (χ3n) is 2.24. The lowest BCUT2D eigenvalue weighted by Gasteiger charge is -1.99. The summed E-state index contributed by atoms with van der Waals surface area (Å²) in [5, 5.41) is 10.3. The Morgan fingerprint density at radius 1 is 1.56 bits per heavy atom. The number of fused-ring (bicyclic) bond motifs is 1. The zero-order valence-electron chi connectivity index (χ0n) is 8.61. The predicted octanol–water partition coefficient (Wildman–Crippen LogP) is 2.82. The van der Waals surface area contributed by atoms with Crippen LogP contribution in [0.25, 0.3) is 10.9 Å². The molecular formula is C11H10BrNO3. The highest BCUT2D eigenvalue weighted by atomic mass is 79.9. The smallest absolute Gasteiger partial charge is 0.340 e. The second-order valence-electron chi connectivity index (χ2n) is 3.27. The molecule has 1 N–H and O–H groups in total. The summed E-state index contributed by atoms with van der Waals surface area (Å²) in [7, 11) is 0. The minimum Gasteiger partial charge on any atom is -0.462 e. The summed E-state index contributed by atoms with van der Waals surface area (Å²) in [6.07, 6.45) is 1.36. The molecule has 0 spiro atoms. The van der Waals surface area contributed by atoms with E-state index >= 15 is 0 Å². The molecule has 0 fully saturated rings. The number of esters is 1. The molecule has 0 saturated carbocycles. The van der Waals surface area contributed by atoms with Crippen LogP contribution in [0.2, 0.25) is 0 Å². The number of rotatable bonds is 2. The lowest BCUT2D eigenvalue weighted by Crippen LogP contribution is -2.03. The highest BCUT2D eigenvalue weighted by Gasteiger charge is 2.15. The van der Waals surface area contributed by atoms with Crippen molar-refractivity contribution in [2.24, 2.45) is 0 Å². The summed E-state index contributed by atoms with van der Waals surface area (Å²) in [6, 6.07) is 5.31. The lowest BCUT2D eigenvalue weighted by molar-refractivity contribution is 0.0526. The molecule has 1 aromatic heterocycles. The summed E-state index contributed by atoms with van der Waals surface area (Å²) in [5.41, 5.74) is 0.935. The Kier molecular flexibility index (Phi) is 2.87. The van der Waals surface area contributed by atoms with Gasteiger partial charge in [-0.1, -0.05) is 22.0 Å². The van der Waals surface area contributed by atoms with E-state index in [0.29, 0.717) is 23.1 Å². The number of halogens is 1. The Balaban J connectivity index is 2.59. The van der Waals surface area contributed by atoms with Crippen molar-refractivity contribution in [2.75, 3.05) is 6.61 Å². The average molecular weight is 284 g/mol. The number of carbonyl (C=O) groups excluding carboxylic acids is 1. The molecule has 0 aliphatic rings. The van der Waals surface area contributed by atoms with Gasteiger partial charge in [-0.3, -0.25) is 0 Å². The number of carbonyl (C=O) groups is 1. The average Bonchev–Trinajstić information content (AvgIpc) is 2.56. The minimum absolute atomic E-state index is 0.313. The SMILES string of the molecule is CCOC(=O)c1cn(O)c2cc(Br)ccc12. The molecule has 0 radical (unpaired) electrons. The number of nitrogens with zero attached hydrogens (tertiary/aromatic N) is 1. The van der Waals surface area contributed by atoms with E-state index in [1.54, 1.807) is 19.1 Å². The standard InChI is InChI=1S/C11H10BrNO3/c1-2-16-11(14)9-6-13(15)10-5-7(12)3-4-8(9)10/h3-6,15H,2H2,1H3. The number of ether oxygens (including phenoxy) is 1. The van der Waals surface area contributed by atoms with Gasteiger partial charge in [0.25, 0.3) is 0 Å². The molecule has 2 aromatic rings. The lowest BCUT2D eigenvalue weighted by atomic mass is 10.2. The zero-order valence-corrected chi connectivity index (χ0v) is 10.2. The van der Waals surface area contributed by atoms with Crippen molar-refractivity contribution < 1.29 is 14.7 Å². The number of aromatic nitrogens is 1. The molecule has 0 saturated heterocycles. The van der Waals surface area contributed by atoms with Gasteiger partial charge >= 0.3 is 5.97 Å². The summed E-state index contributed by atoms with van der Waals surface area (Å²) in [4.78, 5) is 11.6. The van der Waals surface area contributed by atoms with E-state index in [2.05, 4.69) is 15.9 Å². The van der Waals surface area contributed by atoms with Gasteiger partial charge < -0.3 is 9.94 Å². The number of benzene rings is 1. The van der Waals surface area contributed by atoms with E-state index in [9.17, 15) is 10.0 Å². The molecule has 84 valence electrons. The molecule has 0 amide bonds. The minimum atomic E-state index is -0.428. The molecular weight excluding hydrogens is 274 g/mol. The van der Waals surface area contributed by atoms with E-state index in [1.807, 2.05) is 6.07 Å². The summed E-state index contributed by atoms with van der Waals surface area (Å²) >= 11 is 3.30. The van der Waals surface area contributed by atoms with Gasteiger partial charge in [0.05, 0.1) is 23.9 Å². The molecule has 2 rings (SSSR count). The van der Waals surface area contributed by atoms with Gasteiger partial charge in [0, 0.05) is 9.86 Å². The molecule has 0 aliphatic heterocycles. The molecule has 5 heteroatoms. The molecule has 0 bridgehead atoms. The maximum Gasteiger partial charge on any atom is 0.340 e. The quantitative estimate of drug-likeness (QED) is 0.681. The molecule has 16 heavy (non-hydrogen) atoms. The van der Waals surface area contributed by atoms with E-state index in [4.69, 9.17) is 4.74 Å². The maximum atomic E-state index is 11.6. The fraction of sp³-hybridized carbons (Fsp3) is 0.182. The van der Waals surface area contributed by atoms with Crippen molar-refractivity contribution in [1.82, 2.24) is 4.73 Å². The van der Waals surface area contributed by atoms with Gasteiger partial charge in [-0.2, -0.15) is 4.73 Å². The fourth-order valence-electron chi connectivity index (χ4n) is 1.55. The van der Waals surface area contributed by atoms with Crippen LogP contribution >= 0.6 is 15.9 Å². The van der Waals surface area contributed by atoms with Gasteiger partial charge in [-0.05, 0) is 19.1 Å². The van der Waals surface area contributed by atoms with Gasteiger partial charge in [0.2, 0.25) is 0 Å². The van der Waals surface area contributed by atoms with Crippen LogP contribution in [0, 0.1) is 0 Å².